The number of benzene rings is 1. The van der Waals surface area contributed by atoms with Gasteiger partial charge < -0.3 is 5.32 Å². The first kappa shape index (κ1) is 12.6. The highest BCUT2D eigenvalue weighted by molar-refractivity contribution is 5.94. The van der Waals surface area contributed by atoms with Crippen LogP contribution in [-0.4, -0.2) is 11.4 Å². The molecule has 2 rings (SSSR count). The molecule has 1 aliphatic carbocycles. The minimum atomic E-state index is -0.746. The van der Waals surface area contributed by atoms with Gasteiger partial charge >= 0.3 is 0 Å². The van der Waals surface area contributed by atoms with Crippen molar-refractivity contribution in [1.29, 1.82) is 5.26 Å². The number of hydrogen-bond donors (Lipinski definition) is 1. The Hall–Kier alpha value is -1.89. The molecule has 1 aliphatic rings. The second kappa shape index (κ2) is 5.18. The van der Waals surface area contributed by atoms with Crippen molar-refractivity contribution in [2.45, 2.75) is 37.6 Å². The molecule has 0 aliphatic heterocycles. The molecule has 0 aromatic heterocycles. The van der Waals surface area contributed by atoms with Gasteiger partial charge in [0.25, 0.3) is 5.91 Å². The molecule has 0 heterocycles. The summed E-state index contributed by atoms with van der Waals surface area (Å²) in [5, 5.41) is 12.1. The molecule has 18 heavy (non-hydrogen) atoms. The van der Waals surface area contributed by atoms with E-state index in [-0.39, 0.29) is 11.7 Å². The van der Waals surface area contributed by atoms with E-state index in [1.165, 1.54) is 24.3 Å². The van der Waals surface area contributed by atoms with E-state index in [4.69, 9.17) is 0 Å². The summed E-state index contributed by atoms with van der Waals surface area (Å²) in [6.07, 6.45) is 4.40. The lowest BCUT2D eigenvalue weighted by molar-refractivity contribution is 0.0902. The van der Waals surface area contributed by atoms with Crippen LogP contribution in [0.5, 0.6) is 0 Å². The number of nitrogens with one attached hydrogen (secondary N) is 1. The fourth-order valence-electron chi connectivity index (χ4n) is 2.31. The predicted octanol–water partition coefficient (Wildman–Crippen LogP) is 2.78. The van der Waals surface area contributed by atoms with Gasteiger partial charge in [0.15, 0.2) is 0 Å². The molecule has 4 heteroatoms. The van der Waals surface area contributed by atoms with E-state index < -0.39 is 5.54 Å². The third-order valence-corrected chi connectivity index (χ3v) is 3.38. The van der Waals surface area contributed by atoms with Crippen LogP contribution in [0.4, 0.5) is 4.39 Å². The number of nitrogens with zero attached hydrogens (tertiary/aromatic N) is 1. The highest BCUT2D eigenvalue weighted by Crippen LogP contribution is 2.27. The Kier molecular flexibility index (Phi) is 3.61. The van der Waals surface area contributed by atoms with Crippen LogP contribution in [0.2, 0.25) is 0 Å². The molecule has 94 valence electrons. The lowest BCUT2D eigenvalue weighted by Gasteiger charge is -2.31. The first-order valence-electron chi connectivity index (χ1n) is 6.15. The van der Waals surface area contributed by atoms with E-state index >= 15 is 0 Å². The highest BCUT2D eigenvalue weighted by atomic mass is 19.1. The summed E-state index contributed by atoms with van der Waals surface area (Å²) < 4.78 is 12.8. The maximum absolute atomic E-state index is 12.8. The van der Waals surface area contributed by atoms with Crippen LogP contribution in [0.1, 0.15) is 42.5 Å². The molecule has 0 spiro atoms. The van der Waals surface area contributed by atoms with Gasteiger partial charge in [-0.1, -0.05) is 19.3 Å². The van der Waals surface area contributed by atoms with Gasteiger partial charge in [0.2, 0.25) is 0 Å². The Morgan fingerprint density at radius 2 is 1.83 bits per heavy atom. The summed E-state index contributed by atoms with van der Waals surface area (Å²) in [5.74, 6) is -0.683. The maximum Gasteiger partial charge on any atom is 0.252 e. The predicted molar refractivity (Wildman–Crippen MR) is 65.3 cm³/mol. The van der Waals surface area contributed by atoms with E-state index in [1.54, 1.807) is 0 Å². The molecule has 0 radical (unpaired) electrons. The van der Waals surface area contributed by atoms with E-state index in [0.717, 1.165) is 19.3 Å². The van der Waals surface area contributed by atoms with E-state index in [0.29, 0.717) is 18.4 Å². The van der Waals surface area contributed by atoms with Crippen LogP contribution in [-0.2, 0) is 0 Å². The molecule has 1 fully saturated rings. The molecule has 1 N–H and O–H groups in total. The molecule has 1 amide bonds. The quantitative estimate of drug-likeness (QED) is 0.872. The number of carbonyl (C=O) groups is 1. The van der Waals surface area contributed by atoms with Gasteiger partial charge in [0, 0.05) is 5.56 Å². The van der Waals surface area contributed by atoms with Crippen LogP contribution in [0.15, 0.2) is 24.3 Å². The van der Waals surface area contributed by atoms with Gasteiger partial charge in [-0.25, -0.2) is 4.39 Å². The lowest BCUT2D eigenvalue weighted by atomic mass is 9.82. The van der Waals surface area contributed by atoms with Gasteiger partial charge in [-0.15, -0.1) is 0 Å². The zero-order valence-electron chi connectivity index (χ0n) is 10.1. The topological polar surface area (TPSA) is 52.9 Å². The zero-order valence-corrected chi connectivity index (χ0v) is 10.1. The van der Waals surface area contributed by atoms with Gasteiger partial charge in [-0.05, 0) is 37.1 Å². The smallest absolute Gasteiger partial charge is 0.252 e. The number of rotatable bonds is 2. The first-order chi connectivity index (χ1) is 8.65. The summed E-state index contributed by atoms with van der Waals surface area (Å²) in [5.41, 5.74) is -0.361. The number of hydrogen-bond acceptors (Lipinski definition) is 2. The van der Waals surface area contributed by atoms with Crippen LogP contribution in [0.25, 0.3) is 0 Å². The Morgan fingerprint density at radius 1 is 1.22 bits per heavy atom. The summed E-state index contributed by atoms with van der Waals surface area (Å²) >= 11 is 0. The van der Waals surface area contributed by atoms with Crippen LogP contribution in [0, 0.1) is 17.1 Å². The summed E-state index contributed by atoms with van der Waals surface area (Å²) in [4.78, 5) is 12.0. The molecule has 1 saturated carbocycles. The van der Waals surface area contributed by atoms with Crippen molar-refractivity contribution >= 4 is 5.91 Å². The van der Waals surface area contributed by atoms with Gasteiger partial charge in [0.1, 0.15) is 11.4 Å². The average molecular weight is 246 g/mol. The Bertz CT molecular complexity index is 470. The third kappa shape index (κ3) is 2.67. The average Bonchev–Trinajstić information content (AvgIpc) is 2.40. The number of amides is 1. The fraction of sp³-hybridized carbons (Fsp3) is 0.429. The minimum absolute atomic E-state index is 0.307. The zero-order chi connectivity index (χ0) is 13.0. The molecule has 1 aromatic rings. The lowest BCUT2D eigenvalue weighted by Crippen LogP contribution is -2.48. The molecular formula is C14H15FN2O. The van der Waals surface area contributed by atoms with Crippen molar-refractivity contribution in [1.82, 2.24) is 5.32 Å². The monoisotopic (exact) mass is 246 g/mol. The fourth-order valence-corrected chi connectivity index (χ4v) is 2.31. The van der Waals surface area contributed by atoms with E-state index in [2.05, 4.69) is 11.4 Å². The summed E-state index contributed by atoms with van der Waals surface area (Å²) in [6, 6.07) is 7.57. The normalized spacial score (nSPS) is 17.8. The molecule has 1 aromatic carbocycles. The number of halogens is 1. The summed E-state index contributed by atoms with van der Waals surface area (Å²) in [6.45, 7) is 0. The van der Waals surface area contributed by atoms with Gasteiger partial charge in [-0.2, -0.15) is 5.26 Å². The minimum Gasteiger partial charge on any atom is -0.334 e. The maximum atomic E-state index is 12.8. The molecule has 0 bridgehead atoms. The third-order valence-electron chi connectivity index (χ3n) is 3.38. The van der Waals surface area contributed by atoms with Crippen LogP contribution >= 0.6 is 0 Å². The van der Waals surface area contributed by atoms with Crippen LogP contribution in [0.3, 0.4) is 0 Å². The molecule has 0 saturated heterocycles. The van der Waals surface area contributed by atoms with E-state index in [1.807, 2.05) is 0 Å². The molecule has 3 nitrogen and oxygen atoms in total. The van der Waals surface area contributed by atoms with Gasteiger partial charge in [0.05, 0.1) is 6.07 Å². The van der Waals surface area contributed by atoms with Crippen LogP contribution < -0.4 is 5.32 Å². The summed E-state index contributed by atoms with van der Waals surface area (Å²) in [7, 11) is 0. The molecule has 0 unspecified atom stereocenters. The second-order valence-electron chi connectivity index (χ2n) is 4.72. The Labute approximate surface area is 106 Å². The van der Waals surface area contributed by atoms with E-state index in [9.17, 15) is 14.4 Å². The van der Waals surface area contributed by atoms with Crippen molar-refractivity contribution in [3.63, 3.8) is 0 Å². The Balaban J connectivity index is 2.10. The second-order valence-corrected chi connectivity index (χ2v) is 4.72. The largest absolute Gasteiger partial charge is 0.334 e. The van der Waals surface area contributed by atoms with Crippen molar-refractivity contribution in [3.8, 4) is 6.07 Å². The first-order valence-corrected chi connectivity index (χ1v) is 6.15. The van der Waals surface area contributed by atoms with Crippen molar-refractivity contribution < 1.29 is 9.18 Å². The highest BCUT2D eigenvalue weighted by Gasteiger charge is 2.33. The number of nitriles is 1. The van der Waals surface area contributed by atoms with Crippen molar-refractivity contribution in [3.05, 3.63) is 35.6 Å². The molecule has 0 atom stereocenters. The standard InChI is InChI=1S/C14H15FN2O/c15-12-6-4-11(5-7-12)13(18)17-14(10-16)8-2-1-3-9-14/h4-7H,1-3,8-9H2,(H,17,18). The van der Waals surface area contributed by atoms with Gasteiger partial charge in [-0.3, -0.25) is 4.79 Å². The molecular weight excluding hydrogens is 231 g/mol. The Morgan fingerprint density at radius 3 is 2.39 bits per heavy atom. The SMILES string of the molecule is N#CC1(NC(=O)c2ccc(F)cc2)CCCCC1. The van der Waals surface area contributed by atoms with Crippen molar-refractivity contribution in [2.75, 3.05) is 0 Å². The van der Waals surface area contributed by atoms with Crippen molar-refractivity contribution in [2.24, 2.45) is 0 Å². The number of carbonyl (C=O) groups excluding carboxylic acids is 1.